The highest BCUT2D eigenvalue weighted by atomic mass is 16.4. The summed E-state index contributed by atoms with van der Waals surface area (Å²) in [6, 6.07) is 0. The third-order valence-electron chi connectivity index (χ3n) is 7.93. The smallest absolute Gasteiger partial charge is 0.303 e. The Kier molecular flexibility index (Phi) is 38.9. The van der Waals surface area contributed by atoms with Crippen LogP contribution in [0.1, 0.15) is 213 Å². The number of carboxylic acids is 1. The van der Waals surface area contributed by atoms with Gasteiger partial charge in [-0.2, -0.15) is 0 Å². The van der Waals surface area contributed by atoms with Gasteiger partial charge in [0.05, 0.1) is 0 Å². The van der Waals surface area contributed by atoms with E-state index in [1.54, 1.807) is 0 Å². The van der Waals surface area contributed by atoms with E-state index >= 15 is 0 Å². The summed E-state index contributed by atoms with van der Waals surface area (Å²) in [5.41, 5.74) is 0. The molecule has 0 amide bonds. The summed E-state index contributed by atoms with van der Waals surface area (Å²) in [5.74, 6) is 0.233. The molecule has 3 heteroatoms. The second kappa shape index (κ2) is 37.4. The molecule has 0 fully saturated rings. The summed E-state index contributed by atoms with van der Waals surface area (Å²) >= 11 is 0. The molecule has 3 nitrogen and oxygen atoms in total. The molecule has 0 saturated carbocycles. The summed E-state index contributed by atoms with van der Waals surface area (Å²) in [7, 11) is 0. The van der Waals surface area contributed by atoms with E-state index in [0.717, 1.165) is 25.2 Å². The van der Waals surface area contributed by atoms with E-state index in [9.17, 15) is 4.79 Å². The highest BCUT2D eigenvalue weighted by Gasteiger charge is 1.98. The Bertz CT molecular complexity index is 435. The third kappa shape index (κ3) is 44.7. The first-order chi connectivity index (χ1) is 19.0. The molecule has 39 heavy (non-hydrogen) atoms. The maximum Gasteiger partial charge on any atom is 0.303 e. The van der Waals surface area contributed by atoms with Crippen molar-refractivity contribution in [1.82, 2.24) is 0 Å². The molecule has 0 radical (unpaired) electrons. The molecule has 0 saturated heterocycles. The van der Waals surface area contributed by atoms with E-state index in [-0.39, 0.29) is 0 Å². The quantitative estimate of drug-likeness (QED) is 0.0838. The largest absolute Gasteiger partial charge is 0.481 e. The van der Waals surface area contributed by atoms with E-state index in [1.165, 1.54) is 167 Å². The van der Waals surface area contributed by atoms with E-state index < -0.39 is 5.97 Å². The number of aliphatic hydroxyl groups is 1. The number of carboxylic acid groups (broad SMARTS) is 1. The molecule has 236 valence electrons. The molecule has 0 bridgehead atoms. The molecule has 2 N–H and O–H groups in total. The Morgan fingerprint density at radius 2 is 0.744 bits per heavy atom. The number of hydrogen-bond donors (Lipinski definition) is 2. The number of aliphatic carboxylic acids is 1. The number of hydrogen-bond acceptors (Lipinski definition) is 2. The highest BCUT2D eigenvalue weighted by molar-refractivity contribution is 5.66. The van der Waals surface area contributed by atoms with Gasteiger partial charge in [-0.3, -0.25) is 4.79 Å². The van der Waals surface area contributed by atoms with Crippen molar-refractivity contribution < 1.29 is 15.0 Å². The lowest BCUT2D eigenvalue weighted by Gasteiger charge is -2.04. The lowest BCUT2D eigenvalue weighted by molar-refractivity contribution is -0.137. The van der Waals surface area contributed by atoms with Gasteiger partial charge in [0.15, 0.2) is 0 Å². The van der Waals surface area contributed by atoms with Gasteiger partial charge in [-0.1, -0.05) is 194 Å². The zero-order valence-corrected chi connectivity index (χ0v) is 27.3. The molecule has 0 rings (SSSR count). The van der Waals surface area contributed by atoms with Crippen molar-refractivity contribution in [3.05, 3.63) is 0 Å². The Hall–Kier alpha value is -0.570. The van der Waals surface area contributed by atoms with Crippen LogP contribution in [0.4, 0.5) is 0 Å². The molecule has 0 aromatic carbocycles. The van der Waals surface area contributed by atoms with Gasteiger partial charge < -0.3 is 10.2 Å². The van der Waals surface area contributed by atoms with Crippen molar-refractivity contribution in [2.45, 2.75) is 213 Å². The van der Waals surface area contributed by atoms with Crippen LogP contribution in [0.25, 0.3) is 0 Å². The van der Waals surface area contributed by atoms with Crippen LogP contribution in [0.2, 0.25) is 0 Å². The molecule has 0 heterocycles. The summed E-state index contributed by atoms with van der Waals surface area (Å²) in [4.78, 5) is 10.3. The minimum absolute atomic E-state index is 0.345. The fourth-order valence-electron chi connectivity index (χ4n) is 5.26. The lowest BCUT2D eigenvalue weighted by Crippen LogP contribution is -1.93. The molecular weight excluding hydrogens is 480 g/mol. The molecule has 0 aliphatic rings. The zero-order chi connectivity index (χ0) is 29.1. The monoisotopic (exact) mass is 555 g/mol. The third-order valence-corrected chi connectivity index (χ3v) is 7.93. The number of unbranched alkanes of at least 4 members (excludes halogenated alkanes) is 26. The number of rotatable bonds is 31. The van der Waals surface area contributed by atoms with Gasteiger partial charge in [-0.25, -0.2) is 0 Å². The van der Waals surface area contributed by atoms with Crippen molar-refractivity contribution in [3.63, 3.8) is 0 Å². The Labute approximate surface area is 246 Å². The van der Waals surface area contributed by atoms with Crippen LogP contribution in [-0.4, -0.2) is 22.8 Å². The molecule has 0 aromatic heterocycles. The average molecular weight is 555 g/mol. The number of aliphatic hydroxyl groups excluding tert-OH is 1. The van der Waals surface area contributed by atoms with Crippen molar-refractivity contribution in [2.75, 3.05) is 6.61 Å². The first-order valence-corrected chi connectivity index (χ1v) is 17.9. The molecule has 0 unspecified atom stereocenters. The van der Waals surface area contributed by atoms with Crippen LogP contribution in [0.15, 0.2) is 0 Å². The average Bonchev–Trinajstić information content (AvgIpc) is 2.91. The maximum absolute atomic E-state index is 10.3. The maximum atomic E-state index is 10.3. The van der Waals surface area contributed by atoms with Crippen molar-refractivity contribution in [3.8, 4) is 0 Å². The van der Waals surface area contributed by atoms with Crippen molar-refractivity contribution >= 4 is 5.97 Å². The first-order valence-electron chi connectivity index (χ1n) is 17.9. The fourth-order valence-corrected chi connectivity index (χ4v) is 5.26. The second-order valence-corrected chi connectivity index (χ2v) is 12.6. The summed E-state index contributed by atoms with van der Waals surface area (Å²) < 4.78 is 0. The lowest BCUT2D eigenvalue weighted by atomic mass is 10.0. The Morgan fingerprint density at radius 1 is 0.462 bits per heavy atom. The minimum atomic E-state index is -0.653. The van der Waals surface area contributed by atoms with E-state index in [4.69, 9.17) is 10.2 Å². The molecular formula is C36H74O3. The molecule has 0 atom stereocenters. The number of carbonyl (C=O) groups is 1. The van der Waals surface area contributed by atoms with Crippen LogP contribution in [0.5, 0.6) is 0 Å². The van der Waals surface area contributed by atoms with Gasteiger partial charge >= 0.3 is 5.97 Å². The highest BCUT2D eigenvalue weighted by Crippen LogP contribution is 2.15. The van der Waals surface area contributed by atoms with Crippen molar-refractivity contribution in [2.24, 2.45) is 5.92 Å². The SMILES string of the molecule is CC(C)CCCCCCCCCCCCCCCO.CCCCCCCCCCCCCCCCCC(=O)O. The summed E-state index contributed by atoms with van der Waals surface area (Å²) in [6.45, 7) is 7.29. The standard InChI is InChI=1S/C18H36O2.C18H38O/c1-2-3-4-5-6-7-8-9-10-11-12-13-14-15-16-17-18(19)20;1-18(2)16-14-12-10-8-6-4-3-5-7-9-11-13-15-17-19/h2-17H2,1H3,(H,19,20);18-19H,3-17H2,1-2H3. The molecule has 0 aromatic rings. The van der Waals surface area contributed by atoms with Gasteiger partial charge in [0, 0.05) is 13.0 Å². The molecule has 0 spiro atoms. The van der Waals surface area contributed by atoms with Crippen LogP contribution >= 0.6 is 0 Å². The van der Waals surface area contributed by atoms with Crippen LogP contribution in [-0.2, 0) is 4.79 Å². The van der Waals surface area contributed by atoms with Crippen LogP contribution in [0.3, 0.4) is 0 Å². The summed E-state index contributed by atoms with van der Waals surface area (Å²) in [5, 5.41) is 17.2. The molecule has 0 aliphatic carbocycles. The topological polar surface area (TPSA) is 57.5 Å². The fraction of sp³-hybridized carbons (Fsp3) is 0.972. The van der Waals surface area contributed by atoms with Gasteiger partial charge in [-0.05, 0) is 18.8 Å². The van der Waals surface area contributed by atoms with Gasteiger partial charge in [0.25, 0.3) is 0 Å². The normalized spacial score (nSPS) is 11.1. The minimum Gasteiger partial charge on any atom is -0.481 e. The summed E-state index contributed by atoms with van der Waals surface area (Å²) in [6.07, 6.45) is 39.5. The Balaban J connectivity index is 0. The van der Waals surface area contributed by atoms with E-state index in [2.05, 4.69) is 20.8 Å². The van der Waals surface area contributed by atoms with Crippen LogP contribution < -0.4 is 0 Å². The van der Waals surface area contributed by atoms with E-state index in [0.29, 0.717) is 13.0 Å². The van der Waals surface area contributed by atoms with Gasteiger partial charge in [-0.15, -0.1) is 0 Å². The molecule has 0 aliphatic heterocycles. The van der Waals surface area contributed by atoms with Crippen LogP contribution in [0, 0.1) is 5.92 Å². The Morgan fingerprint density at radius 3 is 1.03 bits per heavy atom. The van der Waals surface area contributed by atoms with Crippen molar-refractivity contribution in [1.29, 1.82) is 0 Å². The predicted molar refractivity (Wildman–Crippen MR) is 174 cm³/mol. The van der Waals surface area contributed by atoms with Gasteiger partial charge in [0.1, 0.15) is 0 Å². The first kappa shape index (κ1) is 40.6. The van der Waals surface area contributed by atoms with E-state index in [1.807, 2.05) is 0 Å². The van der Waals surface area contributed by atoms with Gasteiger partial charge in [0.2, 0.25) is 0 Å². The predicted octanol–water partition coefficient (Wildman–Crippen LogP) is 12.4. The zero-order valence-electron chi connectivity index (χ0n) is 27.3. The second-order valence-electron chi connectivity index (χ2n) is 12.6.